The molecule has 0 fully saturated rings. The van der Waals surface area contributed by atoms with Gasteiger partial charge in [0.25, 0.3) is 0 Å². The first-order valence-electron chi connectivity index (χ1n) is 7.08. The third-order valence-corrected chi connectivity index (χ3v) is 4.26. The second-order valence-corrected chi connectivity index (χ2v) is 6.12. The fraction of sp³-hybridized carbons (Fsp3) is 0.158. The van der Waals surface area contributed by atoms with Gasteiger partial charge in [0.2, 0.25) is 0 Å². The summed E-state index contributed by atoms with van der Waals surface area (Å²) in [6.45, 7) is 2.04. The maximum atomic E-state index is 6.58. The minimum absolute atomic E-state index is 0.498. The van der Waals surface area contributed by atoms with Crippen LogP contribution in [0.4, 0.5) is 0 Å². The molecular formula is C19H18ClN. The summed E-state index contributed by atoms with van der Waals surface area (Å²) in [5, 5.41) is 3.22. The van der Waals surface area contributed by atoms with Crippen molar-refractivity contribution < 1.29 is 0 Å². The van der Waals surface area contributed by atoms with E-state index in [1.54, 1.807) is 0 Å². The quantitative estimate of drug-likeness (QED) is 0.730. The highest BCUT2D eigenvalue weighted by atomic mass is 35.5. The Kier molecular flexibility index (Phi) is 3.71. The second kappa shape index (κ2) is 5.51. The van der Waals surface area contributed by atoms with Gasteiger partial charge in [-0.1, -0.05) is 72.3 Å². The Morgan fingerprint density at radius 2 is 1.57 bits per heavy atom. The summed E-state index contributed by atoms with van der Waals surface area (Å²) < 4.78 is 0. The van der Waals surface area contributed by atoms with Crippen LogP contribution in [0.1, 0.15) is 18.1 Å². The molecule has 0 heterocycles. The molecule has 0 aliphatic carbocycles. The van der Waals surface area contributed by atoms with Crippen LogP contribution in [0.5, 0.6) is 0 Å². The van der Waals surface area contributed by atoms with Gasteiger partial charge >= 0.3 is 0 Å². The Morgan fingerprint density at radius 3 is 2.38 bits per heavy atom. The van der Waals surface area contributed by atoms with E-state index >= 15 is 0 Å². The molecule has 106 valence electrons. The fourth-order valence-corrected chi connectivity index (χ4v) is 3.21. The minimum Gasteiger partial charge on any atom is -0.321 e. The topological polar surface area (TPSA) is 26.0 Å². The average Bonchev–Trinajstić information content (AvgIpc) is 2.47. The lowest BCUT2D eigenvalue weighted by atomic mass is 9.85. The molecule has 21 heavy (non-hydrogen) atoms. The van der Waals surface area contributed by atoms with Crippen LogP contribution >= 0.6 is 11.6 Å². The maximum Gasteiger partial charge on any atom is 0.0456 e. The minimum atomic E-state index is -0.498. The molecule has 0 bridgehead atoms. The first-order chi connectivity index (χ1) is 10.1. The van der Waals surface area contributed by atoms with Gasteiger partial charge in [-0.3, -0.25) is 0 Å². The zero-order valence-electron chi connectivity index (χ0n) is 12.0. The van der Waals surface area contributed by atoms with Gasteiger partial charge in [-0.2, -0.15) is 0 Å². The molecule has 0 spiro atoms. The summed E-state index contributed by atoms with van der Waals surface area (Å²) >= 11 is 6.31. The predicted molar refractivity (Wildman–Crippen MR) is 90.6 cm³/mol. The van der Waals surface area contributed by atoms with E-state index in [1.165, 1.54) is 16.3 Å². The van der Waals surface area contributed by atoms with Crippen molar-refractivity contribution in [3.8, 4) is 0 Å². The normalized spacial score (nSPS) is 14.0. The maximum absolute atomic E-state index is 6.58. The molecule has 2 heteroatoms. The molecule has 0 saturated heterocycles. The third kappa shape index (κ3) is 2.80. The molecule has 0 saturated carbocycles. The molecule has 0 aliphatic rings. The standard InChI is InChI=1S/C19H18ClN/c1-19(21,17-11-4-5-12-18(17)20)13-15-9-6-8-14-7-2-3-10-16(14)15/h2-12H,13,21H2,1H3. The molecule has 1 atom stereocenters. The third-order valence-electron chi connectivity index (χ3n) is 3.93. The van der Waals surface area contributed by atoms with Crippen LogP contribution in [0.2, 0.25) is 5.02 Å². The van der Waals surface area contributed by atoms with Crippen molar-refractivity contribution in [1.29, 1.82) is 0 Å². The Labute approximate surface area is 130 Å². The molecule has 0 aromatic heterocycles. The molecule has 3 aromatic carbocycles. The summed E-state index contributed by atoms with van der Waals surface area (Å²) in [4.78, 5) is 0. The van der Waals surface area contributed by atoms with Crippen molar-refractivity contribution in [2.45, 2.75) is 18.9 Å². The number of fused-ring (bicyclic) bond motifs is 1. The molecule has 0 aliphatic heterocycles. The van der Waals surface area contributed by atoms with E-state index in [4.69, 9.17) is 17.3 Å². The van der Waals surface area contributed by atoms with Gasteiger partial charge in [0, 0.05) is 10.6 Å². The van der Waals surface area contributed by atoms with Crippen LogP contribution in [-0.4, -0.2) is 0 Å². The van der Waals surface area contributed by atoms with Crippen LogP contribution in [0.3, 0.4) is 0 Å². The van der Waals surface area contributed by atoms with E-state index in [-0.39, 0.29) is 0 Å². The Morgan fingerprint density at radius 1 is 0.905 bits per heavy atom. The smallest absolute Gasteiger partial charge is 0.0456 e. The second-order valence-electron chi connectivity index (χ2n) is 5.71. The number of benzene rings is 3. The lowest BCUT2D eigenvalue weighted by Gasteiger charge is -2.27. The first kappa shape index (κ1) is 14.1. The van der Waals surface area contributed by atoms with Crippen molar-refractivity contribution in [1.82, 2.24) is 0 Å². The van der Waals surface area contributed by atoms with Gasteiger partial charge in [0.1, 0.15) is 0 Å². The van der Waals surface area contributed by atoms with E-state index in [0.717, 1.165) is 17.0 Å². The highest BCUT2D eigenvalue weighted by Gasteiger charge is 2.24. The summed E-state index contributed by atoms with van der Waals surface area (Å²) in [5.41, 5.74) is 8.31. The van der Waals surface area contributed by atoms with Gasteiger partial charge < -0.3 is 5.73 Å². The lowest BCUT2D eigenvalue weighted by Crippen LogP contribution is -2.35. The van der Waals surface area contributed by atoms with Gasteiger partial charge in [-0.05, 0) is 41.3 Å². The number of hydrogen-bond acceptors (Lipinski definition) is 1. The van der Waals surface area contributed by atoms with E-state index in [9.17, 15) is 0 Å². The van der Waals surface area contributed by atoms with E-state index in [0.29, 0.717) is 0 Å². The highest BCUT2D eigenvalue weighted by molar-refractivity contribution is 6.31. The van der Waals surface area contributed by atoms with Crippen molar-refractivity contribution in [2.75, 3.05) is 0 Å². The van der Waals surface area contributed by atoms with Gasteiger partial charge in [-0.15, -0.1) is 0 Å². The number of halogens is 1. The van der Waals surface area contributed by atoms with Crippen molar-refractivity contribution in [3.05, 3.63) is 82.9 Å². The van der Waals surface area contributed by atoms with E-state index < -0.39 is 5.54 Å². The monoisotopic (exact) mass is 295 g/mol. The highest BCUT2D eigenvalue weighted by Crippen LogP contribution is 2.31. The SMILES string of the molecule is CC(N)(Cc1cccc2ccccc12)c1ccccc1Cl. The van der Waals surface area contributed by atoms with Crippen molar-refractivity contribution in [3.63, 3.8) is 0 Å². The Bertz CT molecular complexity index is 772. The molecular weight excluding hydrogens is 278 g/mol. The molecule has 1 nitrogen and oxygen atoms in total. The molecule has 0 radical (unpaired) electrons. The predicted octanol–water partition coefficient (Wildman–Crippen LogP) is 4.91. The van der Waals surface area contributed by atoms with Crippen LogP contribution in [0.25, 0.3) is 10.8 Å². The zero-order chi connectivity index (χ0) is 14.9. The molecule has 3 aromatic rings. The van der Waals surface area contributed by atoms with E-state index in [1.807, 2.05) is 31.2 Å². The van der Waals surface area contributed by atoms with Gasteiger partial charge in [-0.25, -0.2) is 0 Å². The number of rotatable bonds is 3. The first-order valence-corrected chi connectivity index (χ1v) is 7.46. The fourth-order valence-electron chi connectivity index (χ4n) is 2.86. The molecule has 1 unspecified atom stereocenters. The molecule has 2 N–H and O–H groups in total. The van der Waals surface area contributed by atoms with E-state index in [2.05, 4.69) is 42.5 Å². The molecule has 0 amide bonds. The summed E-state index contributed by atoms with van der Waals surface area (Å²) in [6.07, 6.45) is 0.748. The van der Waals surface area contributed by atoms with Crippen LogP contribution in [0, 0.1) is 0 Å². The van der Waals surface area contributed by atoms with Gasteiger partial charge in [0.15, 0.2) is 0 Å². The zero-order valence-corrected chi connectivity index (χ0v) is 12.8. The van der Waals surface area contributed by atoms with Crippen LogP contribution in [-0.2, 0) is 12.0 Å². The Balaban J connectivity index is 2.04. The number of nitrogens with two attached hydrogens (primary N) is 1. The summed E-state index contributed by atoms with van der Waals surface area (Å²) in [6, 6.07) is 22.6. The Hall–Kier alpha value is -1.83. The average molecular weight is 296 g/mol. The van der Waals surface area contributed by atoms with Crippen molar-refractivity contribution in [2.24, 2.45) is 5.73 Å². The van der Waals surface area contributed by atoms with Gasteiger partial charge in [0.05, 0.1) is 0 Å². The number of hydrogen-bond donors (Lipinski definition) is 1. The summed E-state index contributed by atoms with van der Waals surface area (Å²) in [7, 11) is 0. The van der Waals surface area contributed by atoms with Crippen LogP contribution in [0.15, 0.2) is 66.7 Å². The largest absolute Gasteiger partial charge is 0.321 e. The van der Waals surface area contributed by atoms with Crippen molar-refractivity contribution >= 4 is 22.4 Å². The summed E-state index contributed by atoms with van der Waals surface area (Å²) in [5.74, 6) is 0. The lowest BCUT2D eigenvalue weighted by molar-refractivity contribution is 0.493. The van der Waals surface area contributed by atoms with Crippen LogP contribution < -0.4 is 5.73 Å². The molecule has 3 rings (SSSR count).